The molecule has 2 N–H and O–H groups in total. The average molecular weight is 294 g/mol. The van der Waals surface area contributed by atoms with Gasteiger partial charge in [0.1, 0.15) is 5.69 Å². The first-order valence-corrected chi connectivity index (χ1v) is 8.01. The molecule has 1 rings (SSSR count). The number of amides is 1. The number of aromatic nitrogens is 1. The van der Waals surface area contributed by atoms with Crippen LogP contribution in [0.4, 0.5) is 0 Å². The first-order valence-electron chi connectivity index (χ1n) is 6.28. The van der Waals surface area contributed by atoms with E-state index in [1.165, 1.54) is 6.20 Å². The van der Waals surface area contributed by atoms with E-state index in [4.69, 9.17) is 5.11 Å². The highest BCUT2D eigenvalue weighted by atomic mass is 32.2. The van der Waals surface area contributed by atoms with Crippen molar-refractivity contribution in [1.29, 1.82) is 0 Å². The van der Waals surface area contributed by atoms with Crippen LogP contribution >= 0.6 is 0 Å². The molecule has 0 bridgehead atoms. The van der Waals surface area contributed by atoms with Crippen molar-refractivity contribution in [2.75, 3.05) is 25.2 Å². The molecule has 0 saturated heterocycles. The third-order valence-electron chi connectivity index (χ3n) is 2.38. The van der Waals surface area contributed by atoms with E-state index < -0.39 is 10.8 Å². The summed E-state index contributed by atoms with van der Waals surface area (Å²) in [6.07, 6.45) is 4.19. The minimum Gasteiger partial charge on any atom is -0.395 e. The topological polar surface area (TPSA) is 79.3 Å². The van der Waals surface area contributed by atoms with Gasteiger partial charge in [0.05, 0.1) is 12.2 Å². The molecular weight excluding hydrogens is 276 g/mol. The van der Waals surface area contributed by atoms with E-state index in [0.717, 1.165) is 0 Å². The molecule has 1 amide bonds. The van der Waals surface area contributed by atoms with Gasteiger partial charge in [-0.1, -0.05) is 11.8 Å². The summed E-state index contributed by atoms with van der Waals surface area (Å²) in [7, 11) is -0.848. The summed E-state index contributed by atoms with van der Waals surface area (Å²) in [5, 5.41) is 11.4. The lowest BCUT2D eigenvalue weighted by atomic mass is 10.2. The zero-order chi connectivity index (χ0) is 14.8. The third-order valence-corrected chi connectivity index (χ3v) is 3.24. The van der Waals surface area contributed by atoms with Crippen LogP contribution in [-0.2, 0) is 10.8 Å². The zero-order valence-corrected chi connectivity index (χ0v) is 12.2. The van der Waals surface area contributed by atoms with E-state index in [9.17, 15) is 9.00 Å². The second kappa shape index (κ2) is 9.23. The van der Waals surface area contributed by atoms with Crippen molar-refractivity contribution in [2.24, 2.45) is 0 Å². The summed E-state index contributed by atoms with van der Waals surface area (Å²) in [5.41, 5.74) is 0.813. The second-order valence-electron chi connectivity index (χ2n) is 4.06. The number of aliphatic hydroxyl groups is 1. The first kappa shape index (κ1) is 16.3. The molecule has 0 aliphatic rings. The van der Waals surface area contributed by atoms with Gasteiger partial charge in [-0.25, -0.2) is 4.98 Å². The lowest BCUT2D eigenvalue weighted by Crippen LogP contribution is -2.27. The quantitative estimate of drug-likeness (QED) is 0.585. The number of rotatable bonds is 6. The Morgan fingerprint density at radius 3 is 3.05 bits per heavy atom. The lowest BCUT2D eigenvalue weighted by molar-refractivity contribution is 0.0948. The Labute approximate surface area is 121 Å². The zero-order valence-electron chi connectivity index (χ0n) is 11.4. The van der Waals surface area contributed by atoms with E-state index in [2.05, 4.69) is 22.1 Å². The molecule has 0 saturated carbocycles. The van der Waals surface area contributed by atoms with Gasteiger partial charge in [0.15, 0.2) is 0 Å². The summed E-state index contributed by atoms with van der Waals surface area (Å²) >= 11 is 0. The Morgan fingerprint density at radius 2 is 2.35 bits per heavy atom. The van der Waals surface area contributed by atoms with E-state index >= 15 is 0 Å². The van der Waals surface area contributed by atoms with Crippen LogP contribution in [0, 0.1) is 11.8 Å². The summed E-state index contributed by atoms with van der Waals surface area (Å²) in [6, 6.07) is 3.42. The Bertz CT molecular complexity index is 535. The summed E-state index contributed by atoms with van der Waals surface area (Å²) in [5.74, 6) is 5.86. The van der Waals surface area contributed by atoms with E-state index in [1.54, 1.807) is 18.4 Å². The van der Waals surface area contributed by atoms with Crippen molar-refractivity contribution in [3.63, 3.8) is 0 Å². The van der Waals surface area contributed by atoms with Crippen molar-refractivity contribution < 1.29 is 14.1 Å². The maximum absolute atomic E-state index is 12.0. The van der Waals surface area contributed by atoms with Crippen LogP contribution in [-0.4, -0.2) is 45.4 Å². The number of pyridine rings is 1. The van der Waals surface area contributed by atoms with Crippen LogP contribution in [0.1, 0.15) is 28.9 Å². The van der Waals surface area contributed by atoms with Crippen molar-refractivity contribution in [2.45, 2.75) is 12.8 Å². The standard InChI is InChI=1S/C14H18N2O3S/c1-20(19)11-5-9-16-14(18)13-12(6-2-3-10-17)7-4-8-15-13/h4,7-8,17H,3,5,9-11H2,1H3,(H,16,18). The Kier molecular flexibility index (Phi) is 7.55. The van der Waals surface area contributed by atoms with Crippen LogP contribution in [0.15, 0.2) is 18.3 Å². The fourth-order valence-electron chi connectivity index (χ4n) is 1.46. The molecule has 0 aliphatic heterocycles. The predicted octanol–water partition coefficient (Wildman–Crippen LogP) is 0.314. The molecule has 1 aromatic heterocycles. The highest BCUT2D eigenvalue weighted by Crippen LogP contribution is 2.03. The molecule has 6 heteroatoms. The number of nitrogens with one attached hydrogen (secondary N) is 1. The molecule has 0 fully saturated rings. The monoisotopic (exact) mass is 294 g/mol. The second-order valence-corrected chi connectivity index (χ2v) is 5.62. The maximum Gasteiger partial charge on any atom is 0.271 e. The molecular formula is C14H18N2O3S. The predicted molar refractivity (Wildman–Crippen MR) is 78.7 cm³/mol. The lowest BCUT2D eigenvalue weighted by Gasteiger charge is -2.05. The molecule has 0 spiro atoms. The van der Waals surface area contributed by atoms with E-state index in [-0.39, 0.29) is 18.2 Å². The van der Waals surface area contributed by atoms with Gasteiger partial charge in [-0.2, -0.15) is 0 Å². The number of carbonyl (C=O) groups is 1. The minimum atomic E-state index is -0.848. The van der Waals surface area contributed by atoms with Crippen LogP contribution in [0.5, 0.6) is 0 Å². The SMILES string of the molecule is CS(=O)CCCNC(=O)c1ncccc1C#CCCO. The first-order chi connectivity index (χ1) is 9.65. The van der Waals surface area contributed by atoms with Gasteiger partial charge in [0, 0.05) is 42.0 Å². The number of hydrogen-bond donors (Lipinski definition) is 2. The Hall–Kier alpha value is -1.71. The molecule has 1 atom stereocenters. The van der Waals surface area contributed by atoms with Gasteiger partial charge in [-0.05, 0) is 18.6 Å². The van der Waals surface area contributed by atoms with Gasteiger partial charge in [0.25, 0.3) is 5.91 Å². The summed E-state index contributed by atoms with van der Waals surface area (Å²) in [4.78, 5) is 16.0. The molecule has 0 aromatic carbocycles. The van der Waals surface area contributed by atoms with Crippen molar-refractivity contribution in [1.82, 2.24) is 10.3 Å². The van der Waals surface area contributed by atoms with E-state index in [1.807, 2.05) is 0 Å². The molecule has 1 heterocycles. The van der Waals surface area contributed by atoms with Crippen molar-refractivity contribution in [3.05, 3.63) is 29.6 Å². The molecule has 0 radical (unpaired) electrons. The maximum atomic E-state index is 12.0. The smallest absolute Gasteiger partial charge is 0.271 e. The van der Waals surface area contributed by atoms with Crippen LogP contribution < -0.4 is 5.32 Å². The van der Waals surface area contributed by atoms with Gasteiger partial charge in [0.2, 0.25) is 0 Å². The van der Waals surface area contributed by atoms with Gasteiger partial charge >= 0.3 is 0 Å². The normalized spacial score (nSPS) is 11.3. The average Bonchev–Trinajstić information content (AvgIpc) is 2.44. The van der Waals surface area contributed by atoms with Crippen LogP contribution in [0.25, 0.3) is 0 Å². The fraction of sp³-hybridized carbons (Fsp3) is 0.429. The number of hydrogen-bond acceptors (Lipinski definition) is 4. The molecule has 108 valence electrons. The van der Waals surface area contributed by atoms with Crippen LogP contribution in [0.3, 0.4) is 0 Å². The Balaban J connectivity index is 2.64. The van der Waals surface area contributed by atoms with Crippen molar-refractivity contribution in [3.8, 4) is 11.8 Å². The summed E-state index contributed by atoms with van der Waals surface area (Å²) in [6.45, 7) is 0.446. The van der Waals surface area contributed by atoms with Crippen molar-refractivity contribution >= 4 is 16.7 Å². The van der Waals surface area contributed by atoms with Gasteiger partial charge < -0.3 is 10.4 Å². The number of nitrogens with zero attached hydrogens (tertiary/aromatic N) is 1. The highest BCUT2D eigenvalue weighted by molar-refractivity contribution is 7.84. The highest BCUT2D eigenvalue weighted by Gasteiger charge is 2.10. The minimum absolute atomic E-state index is 0.0110. The van der Waals surface area contributed by atoms with Gasteiger partial charge in [-0.3, -0.25) is 9.00 Å². The third kappa shape index (κ3) is 5.95. The Morgan fingerprint density at radius 1 is 1.55 bits per heavy atom. The van der Waals surface area contributed by atoms with Gasteiger partial charge in [-0.15, -0.1) is 0 Å². The molecule has 1 unspecified atom stereocenters. The van der Waals surface area contributed by atoms with Crippen LogP contribution in [0.2, 0.25) is 0 Å². The molecule has 1 aromatic rings. The largest absolute Gasteiger partial charge is 0.395 e. The van der Waals surface area contributed by atoms with E-state index in [0.29, 0.717) is 30.7 Å². The number of aliphatic hydroxyl groups excluding tert-OH is 1. The fourth-order valence-corrected chi connectivity index (χ4v) is 2.01. The number of carbonyl (C=O) groups excluding carboxylic acids is 1. The summed E-state index contributed by atoms with van der Waals surface area (Å²) < 4.78 is 10.9. The molecule has 0 aliphatic carbocycles. The molecule has 5 nitrogen and oxygen atoms in total. The molecule has 20 heavy (non-hydrogen) atoms.